The summed E-state index contributed by atoms with van der Waals surface area (Å²) in [5.74, 6) is 1.51. The van der Waals surface area contributed by atoms with Crippen molar-refractivity contribution in [1.82, 2.24) is 14.5 Å². The standard InChI is InChI=1S/C23H26N4O3S/c1-17-7-8-21(15-18(17)2)31(28,29)27-13-11-26(12-14-27)23-10-9-22(24-25-23)19-5-4-6-20(16-19)30-3/h4-10,15-16H,11-14H2,1-3H3. The zero-order chi connectivity index (χ0) is 22.0. The molecular formula is C23H26N4O3S. The highest BCUT2D eigenvalue weighted by Gasteiger charge is 2.29. The number of benzene rings is 2. The molecule has 1 aliphatic heterocycles. The fraction of sp³-hybridized carbons (Fsp3) is 0.304. The summed E-state index contributed by atoms with van der Waals surface area (Å²) in [7, 11) is -1.86. The van der Waals surface area contributed by atoms with Crippen molar-refractivity contribution in [3.05, 3.63) is 65.7 Å². The number of methoxy groups -OCH3 is 1. The molecule has 162 valence electrons. The number of hydrogen-bond donors (Lipinski definition) is 0. The number of piperazine rings is 1. The van der Waals surface area contributed by atoms with E-state index in [1.165, 1.54) is 0 Å². The summed E-state index contributed by atoms with van der Waals surface area (Å²) in [6.07, 6.45) is 0. The van der Waals surface area contributed by atoms with Crippen LogP contribution in [0.5, 0.6) is 5.75 Å². The van der Waals surface area contributed by atoms with Crippen molar-refractivity contribution in [2.45, 2.75) is 18.7 Å². The lowest BCUT2D eigenvalue weighted by Crippen LogP contribution is -2.49. The molecule has 3 aromatic rings. The third kappa shape index (κ3) is 4.40. The summed E-state index contributed by atoms with van der Waals surface area (Å²) in [4.78, 5) is 2.42. The molecule has 0 amide bonds. The molecule has 1 saturated heterocycles. The van der Waals surface area contributed by atoms with Crippen LogP contribution in [-0.2, 0) is 10.0 Å². The SMILES string of the molecule is COc1cccc(-c2ccc(N3CCN(S(=O)(=O)c4ccc(C)c(C)c4)CC3)nn2)c1. The van der Waals surface area contributed by atoms with Crippen LogP contribution in [0, 0.1) is 13.8 Å². The number of hydrogen-bond acceptors (Lipinski definition) is 6. The number of ether oxygens (including phenoxy) is 1. The summed E-state index contributed by atoms with van der Waals surface area (Å²) >= 11 is 0. The molecule has 2 heterocycles. The van der Waals surface area contributed by atoms with Crippen LogP contribution < -0.4 is 9.64 Å². The van der Waals surface area contributed by atoms with Crippen molar-refractivity contribution >= 4 is 15.8 Å². The predicted molar refractivity (Wildman–Crippen MR) is 121 cm³/mol. The molecule has 1 aromatic heterocycles. The smallest absolute Gasteiger partial charge is 0.243 e. The van der Waals surface area contributed by atoms with Crippen molar-refractivity contribution in [2.75, 3.05) is 38.2 Å². The van der Waals surface area contributed by atoms with E-state index in [9.17, 15) is 8.42 Å². The molecule has 0 aliphatic carbocycles. The van der Waals surface area contributed by atoms with E-state index in [2.05, 4.69) is 15.1 Å². The molecule has 0 bridgehead atoms. The first kappa shape index (κ1) is 21.3. The first-order chi connectivity index (χ1) is 14.9. The monoisotopic (exact) mass is 438 g/mol. The minimum absolute atomic E-state index is 0.353. The Balaban J connectivity index is 1.44. The number of rotatable bonds is 5. The number of anilines is 1. The van der Waals surface area contributed by atoms with Crippen LogP contribution in [0.1, 0.15) is 11.1 Å². The van der Waals surface area contributed by atoms with E-state index in [0.29, 0.717) is 31.1 Å². The van der Waals surface area contributed by atoms with Crippen molar-refractivity contribution in [1.29, 1.82) is 0 Å². The van der Waals surface area contributed by atoms with E-state index in [0.717, 1.165) is 34.0 Å². The Kier molecular flexibility index (Phi) is 5.93. The van der Waals surface area contributed by atoms with Gasteiger partial charge in [-0.15, -0.1) is 10.2 Å². The number of aryl methyl sites for hydroxylation is 2. The molecule has 7 nitrogen and oxygen atoms in total. The molecule has 8 heteroatoms. The maximum absolute atomic E-state index is 13.0. The zero-order valence-corrected chi connectivity index (χ0v) is 18.8. The van der Waals surface area contributed by atoms with Crippen molar-refractivity contribution in [2.24, 2.45) is 0 Å². The second-order valence-corrected chi connectivity index (χ2v) is 9.58. The highest BCUT2D eigenvalue weighted by molar-refractivity contribution is 7.89. The molecule has 1 aliphatic rings. The van der Waals surface area contributed by atoms with Gasteiger partial charge in [0, 0.05) is 31.7 Å². The normalized spacial score (nSPS) is 15.1. The Labute approximate surface area is 183 Å². The van der Waals surface area contributed by atoms with E-state index < -0.39 is 10.0 Å². The number of nitrogens with zero attached hydrogens (tertiary/aromatic N) is 4. The van der Waals surface area contributed by atoms with Gasteiger partial charge < -0.3 is 9.64 Å². The largest absolute Gasteiger partial charge is 0.497 e. The Hall–Kier alpha value is -2.97. The van der Waals surface area contributed by atoms with Gasteiger partial charge in [-0.1, -0.05) is 18.2 Å². The third-order valence-electron chi connectivity index (χ3n) is 5.69. The Morgan fingerprint density at radius 2 is 1.65 bits per heavy atom. The van der Waals surface area contributed by atoms with Crippen LogP contribution in [-0.4, -0.2) is 56.2 Å². The van der Waals surface area contributed by atoms with E-state index >= 15 is 0 Å². The lowest BCUT2D eigenvalue weighted by Gasteiger charge is -2.34. The Morgan fingerprint density at radius 3 is 2.29 bits per heavy atom. The molecule has 0 N–H and O–H groups in total. The van der Waals surface area contributed by atoms with Gasteiger partial charge in [0.2, 0.25) is 10.0 Å². The molecular weight excluding hydrogens is 412 g/mol. The van der Waals surface area contributed by atoms with E-state index in [1.54, 1.807) is 23.5 Å². The van der Waals surface area contributed by atoms with Gasteiger partial charge in [-0.05, 0) is 61.4 Å². The average Bonchev–Trinajstić information content (AvgIpc) is 2.81. The molecule has 4 rings (SSSR count). The van der Waals surface area contributed by atoms with Crippen molar-refractivity contribution < 1.29 is 13.2 Å². The Bertz CT molecular complexity index is 1170. The molecule has 0 radical (unpaired) electrons. The summed E-state index contributed by atoms with van der Waals surface area (Å²) in [6.45, 7) is 5.86. The van der Waals surface area contributed by atoms with Gasteiger partial charge >= 0.3 is 0 Å². The van der Waals surface area contributed by atoms with Crippen LogP contribution in [0.4, 0.5) is 5.82 Å². The van der Waals surface area contributed by atoms with Gasteiger partial charge in [0.15, 0.2) is 5.82 Å². The molecule has 31 heavy (non-hydrogen) atoms. The molecule has 0 atom stereocenters. The lowest BCUT2D eigenvalue weighted by molar-refractivity contribution is 0.383. The fourth-order valence-electron chi connectivity index (χ4n) is 3.61. The third-order valence-corrected chi connectivity index (χ3v) is 7.59. The van der Waals surface area contributed by atoms with E-state index in [1.807, 2.05) is 56.3 Å². The zero-order valence-electron chi connectivity index (χ0n) is 17.9. The minimum Gasteiger partial charge on any atom is -0.497 e. The number of aromatic nitrogens is 2. The van der Waals surface area contributed by atoms with Gasteiger partial charge in [-0.3, -0.25) is 0 Å². The quantitative estimate of drug-likeness (QED) is 0.609. The van der Waals surface area contributed by atoms with Crippen molar-refractivity contribution in [3.63, 3.8) is 0 Å². The second-order valence-electron chi connectivity index (χ2n) is 7.65. The maximum atomic E-state index is 13.0. The minimum atomic E-state index is -3.50. The molecule has 1 fully saturated rings. The summed E-state index contributed by atoms with van der Waals surface area (Å²) in [6, 6.07) is 16.8. The van der Waals surface area contributed by atoms with Gasteiger partial charge in [-0.25, -0.2) is 8.42 Å². The van der Waals surface area contributed by atoms with Crippen LogP contribution in [0.15, 0.2) is 59.5 Å². The van der Waals surface area contributed by atoms with Crippen LogP contribution in [0.2, 0.25) is 0 Å². The highest BCUT2D eigenvalue weighted by atomic mass is 32.2. The Morgan fingerprint density at radius 1 is 0.871 bits per heavy atom. The molecule has 0 saturated carbocycles. The fourth-order valence-corrected chi connectivity index (χ4v) is 5.12. The van der Waals surface area contributed by atoms with Gasteiger partial charge in [0.1, 0.15) is 5.75 Å². The average molecular weight is 439 g/mol. The topological polar surface area (TPSA) is 75.6 Å². The summed E-state index contributed by atoms with van der Waals surface area (Å²) in [5.41, 5.74) is 3.76. The van der Waals surface area contributed by atoms with E-state index in [4.69, 9.17) is 4.74 Å². The van der Waals surface area contributed by atoms with E-state index in [-0.39, 0.29) is 0 Å². The van der Waals surface area contributed by atoms with Gasteiger partial charge in [0.25, 0.3) is 0 Å². The maximum Gasteiger partial charge on any atom is 0.243 e. The van der Waals surface area contributed by atoms with Gasteiger partial charge in [0.05, 0.1) is 17.7 Å². The summed E-state index contributed by atoms with van der Waals surface area (Å²) in [5, 5.41) is 8.72. The molecule has 0 unspecified atom stereocenters. The van der Waals surface area contributed by atoms with Crippen LogP contribution >= 0.6 is 0 Å². The molecule has 2 aromatic carbocycles. The van der Waals surface area contributed by atoms with Gasteiger partial charge in [-0.2, -0.15) is 4.31 Å². The van der Waals surface area contributed by atoms with Crippen molar-refractivity contribution in [3.8, 4) is 17.0 Å². The molecule has 0 spiro atoms. The number of sulfonamides is 1. The first-order valence-electron chi connectivity index (χ1n) is 10.2. The second kappa shape index (κ2) is 8.64. The first-order valence-corrected chi connectivity index (χ1v) is 11.6. The summed E-state index contributed by atoms with van der Waals surface area (Å²) < 4.78 is 32.8. The van der Waals surface area contributed by atoms with Crippen LogP contribution in [0.25, 0.3) is 11.3 Å². The van der Waals surface area contributed by atoms with Crippen LogP contribution in [0.3, 0.4) is 0 Å². The highest BCUT2D eigenvalue weighted by Crippen LogP contribution is 2.24. The lowest BCUT2D eigenvalue weighted by atomic mass is 10.1. The predicted octanol–water partition coefficient (Wildman–Crippen LogP) is 3.28.